The molecule has 0 radical (unpaired) electrons. The van der Waals surface area contributed by atoms with Crippen LogP contribution in [0.25, 0.3) is 0 Å². The number of rotatable bonds is 3. The zero-order valence-electron chi connectivity index (χ0n) is 11.6. The van der Waals surface area contributed by atoms with Gasteiger partial charge < -0.3 is 16.0 Å². The quantitative estimate of drug-likeness (QED) is 0.766. The van der Waals surface area contributed by atoms with E-state index in [1.54, 1.807) is 42.5 Å². The Kier molecular flexibility index (Phi) is 5.25. The van der Waals surface area contributed by atoms with Gasteiger partial charge in [0.25, 0.3) is 0 Å². The molecule has 0 aliphatic carbocycles. The topological polar surface area (TPSA) is 70.2 Å². The minimum absolute atomic E-state index is 0.183. The highest BCUT2D eigenvalue weighted by Gasteiger charge is 2.05. The van der Waals surface area contributed by atoms with Gasteiger partial charge in [-0.15, -0.1) is 0 Å². The van der Waals surface area contributed by atoms with Gasteiger partial charge in [-0.2, -0.15) is 0 Å². The van der Waals surface area contributed by atoms with E-state index in [2.05, 4.69) is 16.0 Å². The lowest BCUT2D eigenvalue weighted by atomic mass is 10.2. The molecular weight excluding hydrogens is 325 g/mol. The van der Waals surface area contributed by atoms with Crippen molar-refractivity contribution in [3.63, 3.8) is 0 Å². The van der Waals surface area contributed by atoms with Gasteiger partial charge in [0.05, 0.1) is 10.0 Å². The van der Waals surface area contributed by atoms with Crippen molar-refractivity contribution in [2.45, 2.75) is 6.92 Å². The zero-order chi connectivity index (χ0) is 16.1. The Morgan fingerprint density at radius 1 is 0.818 bits per heavy atom. The molecule has 0 heterocycles. The molecule has 0 aliphatic heterocycles. The van der Waals surface area contributed by atoms with Crippen LogP contribution in [0.3, 0.4) is 0 Å². The molecule has 0 atom stereocenters. The molecule has 0 unspecified atom stereocenters. The van der Waals surface area contributed by atoms with Crippen LogP contribution in [0, 0.1) is 0 Å². The summed E-state index contributed by atoms with van der Waals surface area (Å²) in [7, 11) is 0. The highest BCUT2D eigenvalue weighted by atomic mass is 35.5. The van der Waals surface area contributed by atoms with Gasteiger partial charge in [0.15, 0.2) is 0 Å². The van der Waals surface area contributed by atoms with Crippen molar-refractivity contribution in [3.05, 3.63) is 52.5 Å². The second-order valence-corrected chi connectivity index (χ2v) is 5.28. The van der Waals surface area contributed by atoms with Gasteiger partial charge >= 0.3 is 6.03 Å². The third kappa shape index (κ3) is 4.65. The standard InChI is InChI=1S/C15H13Cl2N3O2/c1-9(21)18-10-3-2-4-11(7-10)19-15(22)20-12-5-6-13(16)14(17)8-12/h2-8H,1H3,(H,18,21)(H2,19,20,22). The van der Waals surface area contributed by atoms with Crippen molar-refractivity contribution in [3.8, 4) is 0 Å². The molecule has 0 spiro atoms. The van der Waals surface area contributed by atoms with Crippen LogP contribution < -0.4 is 16.0 Å². The highest BCUT2D eigenvalue weighted by Crippen LogP contribution is 2.25. The maximum atomic E-state index is 11.9. The van der Waals surface area contributed by atoms with Gasteiger partial charge in [0.2, 0.25) is 5.91 Å². The molecule has 3 N–H and O–H groups in total. The van der Waals surface area contributed by atoms with E-state index in [-0.39, 0.29) is 5.91 Å². The van der Waals surface area contributed by atoms with Crippen molar-refractivity contribution in [2.24, 2.45) is 0 Å². The maximum absolute atomic E-state index is 11.9. The lowest BCUT2D eigenvalue weighted by molar-refractivity contribution is -0.114. The molecule has 7 heteroatoms. The number of hydrogen-bond donors (Lipinski definition) is 3. The monoisotopic (exact) mass is 337 g/mol. The van der Waals surface area contributed by atoms with E-state index < -0.39 is 6.03 Å². The van der Waals surface area contributed by atoms with Crippen LogP contribution in [0.15, 0.2) is 42.5 Å². The van der Waals surface area contributed by atoms with E-state index in [4.69, 9.17) is 23.2 Å². The third-order valence-corrected chi connectivity index (χ3v) is 3.36. The zero-order valence-corrected chi connectivity index (χ0v) is 13.1. The molecule has 22 heavy (non-hydrogen) atoms. The van der Waals surface area contributed by atoms with Crippen LogP contribution in [0.2, 0.25) is 10.0 Å². The van der Waals surface area contributed by atoms with Gasteiger partial charge in [-0.1, -0.05) is 29.3 Å². The van der Waals surface area contributed by atoms with Crippen molar-refractivity contribution in [2.75, 3.05) is 16.0 Å². The van der Waals surface area contributed by atoms with E-state index >= 15 is 0 Å². The van der Waals surface area contributed by atoms with Gasteiger partial charge in [-0.3, -0.25) is 4.79 Å². The first-order valence-electron chi connectivity index (χ1n) is 6.35. The lowest BCUT2D eigenvalue weighted by Crippen LogP contribution is -2.19. The number of amides is 3. The van der Waals surface area contributed by atoms with Crippen LogP contribution in [0.4, 0.5) is 21.9 Å². The molecular formula is C15H13Cl2N3O2. The van der Waals surface area contributed by atoms with Crippen molar-refractivity contribution < 1.29 is 9.59 Å². The summed E-state index contributed by atoms with van der Waals surface area (Å²) >= 11 is 11.7. The number of anilines is 3. The van der Waals surface area contributed by atoms with Crippen LogP contribution in [0.5, 0.6) is 0 Å². The Balaban J connectivity index is 2.02. The van der Waals surface area contributed by atoms with Gasteiger partial charge in [0.1, 0.15) is 0 Å². The second kappa shape index (κ2) is 7.15. The number of nitrogens with one attached hydrogen (secondary N) is 3. The predicted octanol–water partition coefficient (Wildman–Crippen LogP) is 4.60. The number of carbonyl (C=O) groups is 2. The normalized spacial score (nSPS) is 9.95. The molecule has 0 saturated heterocycles. The fourth-order valence-corrected chi connectivity index (χ4v) is 2.04. The summed E-state index contributed by atoms with van der Waals surface area (Å²) in [6, 6.07) is 11.2. The number of hydrogen-bond acceptors (Lipinski definition) is 2. The maximum Gasteiger partial charge on any atom is 0.323 e. The molecule has 2 aromatic rings. The first kappa shape index (κ1) is 16.1. The van der Waals surface area contributed by atoms with Crippen LogP contribution in [-0.2, 0) is 4.79 Å². The van der Waals surface area contributed by atoms with Crippen LogP contribution in [-0.4, -0.2) is 11.9 Å². The first-order chi connectivity index (χ1) is 10.4. The van der Waals surface area contributed by atoms with E-state index in [1.807, 2.05) is 0 Å². The Hall–Kier alpha value is -2.24. The summed E-state index contributed by atoms with van der Waals surface area (Å²) in [4.78, 5) is 22.9. The summed E-state index contributed by atoms with van der Waals surface area (Å²) < 4.78 is 0. The van der Waals surface area contributed by atoms with E-state index in [0.29, 0.717) is 27.1 Å². The summed E-state index contributed by atoms with van der Waals surface area (Å²) in [6.07, 6.45) is 0. The number of halogens is 2. The van der Waals surface area contributed by atoms with Crippen molar-refractivity contribution >= 4 is 52.2 Å². The van der Waals surface area contributed by atoms with Crippen LogP contribution >= 0.6 is 23.2 Å². The van der Waals surface area contributed by atoms with Crippen molar-refractivity contribution in [1.29, 1.82) is 0 Å². The van der Waals surface area contributed by atoms with E-state index in [1.165, 1.54) is 6.92 Å². The minimum atomic E-state index is -0.432. The van der Waals surface area contributed by atoms with Gasteiger partial charge in [0, 0.05) is 24.0 Å². The van der Waals surface area contributed by atoms with E-state index in [0.717, 1.165) is 0 Å². The SMILES string of the molecule is CC(=O)Nc1cccc(NC(=O)Nc2ccc(Cl)c(Cl)c2)c1. The molecule has 3 amide bonds. The molecule has 2 aromatic carbocycles. The smallest absolute Gasteiger partial charge is 0.323 e. The van der Waals surface area contributed by atoms with Gasteiger partial charge in [-0.05, 0) is 36.4 Å². The van der Waals surface area contributed by atoms with E-state index in [9.17, 15) is 9.59 Å². The number of urea groups is 1. The molecule has 2 rings (SSSR count). The van der Waals surface area contributed by atoms with Crippen LogP contribution in [0.1, 0.15) is 6.92 Å². The lowest BCUT2D eigenvalue weighted by Gasteiger charge is -2.10. The Bertz CT molecular complexity index is 720. The largest absolute Gasteiger partial charge is 0.326 e. The summed E-state index contributed by atoms with van der Waals surface area (Å²) in [5, 5.41) is 8.70. The molecule has 114 valence electrons. The first-order valence-corrected chi connectivity index (χ1v) is 7.10. The molecule has 5 nitrogen and oxygen atoms in total. The minimum Gasteiger partial charge on any atom is -0.326 e. The van der Waals surface area contributed by atoms with Crippen molar-refractivity contribution in [1.82, 2.24) is 0 Å². The fraction of sp³-hybridized carbons (Fsp3) is 0.0667. The third-order valence-electron chi connectivity index (χ3n) is 2.62. The Morgan fingerprint density at radius 2 is 1.41 bits per heavy atom. The Morgan fingerprint density at radius 3 is 2.00 bits per heavy atom. The second-order valence-electron chi connectivity index (χ2n) is 4.47. The summed E-state index contributed by atoms with van der Waals surface area (Å²) in [5.41, 5.74) is 1.66. The average Bonchev–Trinajstić information content (AvgIpc) is 2.42. The van der Waals surface area contributed by atoms with Gasteiger partial charge in [-0.25, -0.2) is 4.79 Å². The highest BCUT2D eigenvalue weighted by molar-refractivity contribution is 6.42. The number of carbonyl (C=O) groups excluding carboxylic acids is 2. The predicted molar refractivity (Wildman–Crippen MR) is 89.8 cm³/mol. The summed E-state index contributed by atoms with van der Waals surface area (Å²) in [6.45, 7) is 1.41. The molecule has 0 bridgehead atoms. The summed E-state index contributed by atoms with van der Waals surface area (Å²) in [5.74, 6) is -0.183. The molecule has 0 aliphatic rings. The average molecular weight is 338 g/mol. The molecule has 0 saturated carbocycles. The fourth-order valence-electron chi connectivity index (χ4n) is 1.75. The Labute approximate surface area is 137 Å². The molecule has 0 aromatic heterocycles. The number of benzene rings is 2. The molecule has 0 fully saturated rings.